The minimum absolute atomic E-state index is 0.0154. The fraction of sp³-hybridized carbons (Fsp3) is 0.0714. The Bertz CT molecular complexity index is 802. The highest BCUT2D eigenvalue weighted by Crippen LogP contribution is 2.23. The van der Waals surface area contributed by atoms with Gasteiger partial charge >= 0.3 is 5.97 Å². The van der Waals surface area contributed by atoms with Crippen molar-refractivity contribution >= 4 is 31.7 Å². The van der Waals surface area contributed by atoms with Gasteiger partial charge in [-0.05, 0) is 24.3 Å². The van der Waals surface area contributed by atoms with Gasteiger partial charge in [0.2, 0.25) is 0 Å². The molecule has 0 amide bonds. The number of carboxylic acids is 1. The molecule has 2 aromatic carbocycles. The van der Waals surface area contributed by atoms with E-state index in [0.717, 1.165) is 6.07 Å². The molecule has 21 heavy (non-hydrogen) atoms. The van der Waals surface area contributed by atoms with Gasteiger partial charge in [0.25, 0.3) is 0 Å². The average molecular weight is 373 g/mol. The Labute approximate surface area is 129 Å². The summed E-state index contributed by atoms with van der Waals surface area (Å²) in [6.45, 7) is 0. The quantitative estimate of drug-likeness (QED) is 0.893. The molecule has 7 heteroatoms. The molecule has 0 aromatic heterocycles. The van der Waals surface area contributed by atoms with Crippen LogP contribution in [-0.4, -0.2) is 19.5 Å². The molecular weight excluding hydrogens is 363 g/mol. The fourth-order valence-corrected chi connectivity index (χ4v) is 3.74. The van der Waals surface area contributed by atoms with E-state index in [4.69, 9.17) is 5.11 Å². The molecule has 0 unspecified atom stereocenters. The summed E-state index contributed by atoms with van der Waals surface area (Å²) < 4.78 is 38.9. The van der Waals surface area contributed by atoms with Gasteiger partial charge in [-0.3, -0.25) is 0 Å². The molecule has 0 radical (unpaired) electrons. The summed E-state index contributed by atoms with van der Waals surface area (Å²) >= 11 is 3.08. The molecule has 0 heterocycles. The summed E-state index contributed by atoms with van der Waals surface area (Å²) in [5.74, 6) is -2.61. The van der Waals surface area contributed by atoms with Gasteiger partial charge in [0, 0.05) is 10.0 Å². The number of halogens is 2. The molecule has 0 bridgehead atoms. The lowest BCUT2D eigenvalue weighted by molar-refractivity contribution is 0.0692. The number of hydrogen-bond donors (Lipinski definition) is 1. The Kier molecular flexibility index (Phi) is 4.43. The summed E-state index contributed by atoms with van der Waals surface area (Å²) in [6.07, 6.45) is 0. The van der Waals surface area contributed by atoms with E-state index in [-0.39, 0.29) is 16.0 Å². The van der Waals surface area contributed by atoms with Gasteiger partial charge in [-0.15, -0.1) is 0 Å². The zero-order valence-corrected chi connectivity index (χ0v) is 13.0. The highest BCUT2D eigenvalue weighted by Gasteiger charge is 2.23. The molecular formula is C14H10BrFO4S. The first-order valence-electron chi connectivity index (χ1n) is 5.80. The first-order valence-corrected chi connectivity index (χ1v) is 8.25. The third-order valence-corrected chi connectivity index (χ3v) is 5.02. The van der Waals surface area contributed by atoms with E-state index >= 15 is 0 Å². The van der Waals surface area contributed by atoms with E-state index < -0.39 is 27.4 Å². The minimum atomic E-state index is -3.96. The second-order valence-corrected chi connectivity index (χ2v) is 7.17. The lowest BCUT2D eigenvalue weighted by atomic mass is 10.2. The van der Waals surface area contributed by atoms with E-state index in [1.165, 1.54) is 36.4 Å². The maximum Gasteiger partial charge on any atom is 0.337 e. The molecule has 0 aliphatic carbocycles. The van der Waals surface area contributed by atoms with Crippen molar-refractivity contribution in [1.82, 2.24) is 0 Å². The Morgan fingerprint density at radius 1 is 1.19 bits per heavy atom. The minimum Gasteiger partial charge on any atom is -0.478 e. The highest BCUT2D eigenvalue weighted by atomic mass is 79.9. The van der Waals surface area contributed by atoms with Crippen molar-refractivity contribution in [1.29, 1.82) is 0 Å². The lowest BCUT2D eigenvalue weighted by Crippen LogP contribution is -2.12. The molecule has 1 N–H and O–H groups in total. The number of rotatable bonds is 4. The van der Waals surface area contributed by atoms with Crippen molar-refractivity contribution < 1.29 is 22.7 Å². The summed E-state index contributed by atoms with van der Waals surface area (Å²) in [6, 6.07) is 9.30. The Morgan fingerprint density at radius 3 is 2.48 bits per heavy atom. The monoisotopic (exact) mass is 372 g/mol. The molecule has 0 saturated carbocycles. The Balaban J connectivity index is 2.46. The smallest absolute Gasteiger partial charge is 0.337 e. The third-order valence-electron chi connectivity index (χ3n) is 2.81. The van der Waals surface area contributed by atoms with E-state index in [0.29, 0.717) is 4.47 Å². The van der Waals surface area contributed by atoms with Crippen LogP contribution in [0.15, 0.2) is 51.8 Å². The van der Waals surface area contributed by atoms with Crippen LogP contribution in [0.25, 0.3) is 0 Å². The van der Waals surface area contributed by atoms with E-state index in [2.05, 4.69) is 15.9 Å². The maximum absolute atomic E-state index is 13.7. The van der Waals surface area contributed by atoms with Gasteiger partial charge in [0.1, 0.15) is 5.82 Å². The fourth-order valence-electron chi connectivity index (χ4n) is 1.84. The molecule has 110 valence electrons. The number of carbonyl (C=O) groups is 1. The Hall–Kier alpha value is -1.73. The molecule has 0 aliphatic heterocycles. The van der Waals surface area contributed by atoms with Crippen LogP contribution in [0.3, 0.4) is 0 Å². The number of aromatic carboxylic acids is 1. The van der Waals surface area contributed by atoms with Gasteiger partial charge < -0.3 is 5.11 Å². The number of sulfone groups is 1. The summed E-state index contributed by atoms with van der Waals surface area (Å²) in [5.41, 5.74) is -0.339. The number of benzene rings is 2. The maximum atomic E-state index is 13.7. The Morgan fingerprint density at radius 2 is 1.86 bits per heavy atom. The predicted molar refractivity (Wildman–Crippen MR) is 78.4 cm³/mol. The zero-order valence-electron chi connectivity index (χ0n) is 10.6. The van der Waals surface area contributed by atoms with Crippen molar-refractivity contribution in [2.75, 3.05) is 0 Å². The SMILES string of the molecule is O=C(O)c1ccccc1S(=O)(=O)Cc1ccc(Br)cc1F. The standard InChI is InChI=1S/C14H10BrFO4S/c15-10-6-5-9(12(16)7-10)8-21(19,20)13-4-2-1-3-11(13)14(17)18/h1-7H,8H2,(H,17,18). The van der Waals surface area contributed by atoms with Crippen LogP contribution in [0.1, 0.15) is 15.9 Å². The number of hydrogen-bond acceptors (Lipinski definition) is 3. The molecule has 2 rings (SSSR count). The normalized spacial score (nSPS) is 11.3. The van der Waals surface area contributed by atoms with Gasteiger partial charge in [-0.2, -0.15) is 0 Å². The van der Waals surface area contributed by atoms with Crippen molar-refractivity contribution in [2.45, 2.75) is 10.6 Å². The molecule has 0 atom stereocenters. The van der Waals surface area contributed by atoms with E-state index in [1.807, 2.05) is 0 Å². The first kappa shape index (κ1) is 15.7. The van der Waals surface area contributed by atoms with Gasteiger partial charge in [-0.1, -0.05) is 34.1 Å². The van der Waals surface area contributed by atoms with Crippen molar-refractivity contribution in [3.8, 4) is 0 Å². The zero-order chi connectivity index (χ0) is 15.6. The summed E-state index contributed by atoms with van der Waals surface area (Å²) in [7, 11) is -3.96. The van der Waals surface area contributed by atoms with Crippen LogP contribution < -0.4 is 0 Å². The van der Waals surface area contributed by atoms with Crippen LogP contribution in [0.2, 0.25) is 0 Å². The molecule has 4 nitrogen and oxygen atoms in total. The molecule has 0 spiro atoms. The topological polar surface area (TPSA) is 71.4 Å². The van der Waals surface area contributed by atoms with Crippen LogP contribution in [0.5, 0.6) is 0 Å². The summed E-state index contributed by atoms with van der Waals surface area (Å²) in [5, 5.41) is 9.04. The molecule has 2 aromatic rings. The van der Waals surface area contributed by atoms with Crippen molar-refractivity contribution in [3.63, 3.8) is 0 Å². The second-order valence-electron chi connectivity index (χ2n) is 4.30. The largest absolute Gasteiger partial charge is 0.478 e. The summed E-state index contributed by atoms with van der Waals surface area (Å²) in [4.78, 5) is 10.8. The molecule has 0 aliphatic rings. The van der Waals surface area contributed by atoms with Crippen LogP contribution in [0, 0.1) is 5.82 Å². The van der Waals surface area contributed by atoms with E-state index in [9.17, 15) is 17.6 Å². The van der Waals surface area contributed by atoms with Crippen LogP contribution in [-0.2, 0) is 15.6 Å². The van der Waals surface area contributed by atoms with Crippen molar-refractivity contribution in [2.24, 2.45) is 0 Å². The average Bonchev–Trinajstić information content (AvgIpc) is 2.42. The lowest BCUT2D eigenvalue weighted by Gasteiger charge is -2.08. The van der Waals surface area contributed by atoms with E-state index in [1.54, 1.807) is 0 Å². The van der Waals surface area contributed by atoms with Gasteiger partial charge in [-0.25, -0.2) is 17.6 Å². The van der Waals surface area contributed by atoms with Crippen LogP contribution >= 0.6 is 15.9 Å². The highest BCUT2D eigenvalue weighted by molar-refractivity contribution is 9.10. The van der Waals surface area contributed by atoms with Gasteiger partial charge in [0.15, 0.2) is 9.84 Å². The van der Waals surface area contributed by atoms with Crippen LogP contribution in [0.4, 0.5) is 4.39 Å². The first-order chi connectivity index (χ1) is 9.81. The molecule has 0 saturated heterocycles. The van der Waals surface area contributed by atoms with Gasteiger partial charge in [0.05, 0.1) is 16.2 Å². The number of carboxylic acid groups (broad SMARTS) is 1. The van der Waals surface area contributed by atoms with Crippen molar-refractivity contribution in [3.05, 3.63) is 63.9 Å². The predicted octanol–water partition coefficient (Wildman–Crippen LogP) is 3.26. The second kappa shape index (κ2) is 5.95. The molecule has 0 fully saturated rings. The third kappa shape index (κ3) is 3.48.